The van der Waals surface area contributed by atoms with E-state index < -0.39 is 10.1 Å². The van der Waals surface area contributed by atoms with Crippen LogP contribution in [0.4, 0.5) is 0 Å². The zero-order chi connectivity index (χ0) is 24.2. The fourth-order valence-electron chi connectivity index (χ4n) is 4.73. The molecule has 0 aromatic heterocycles. The van der Waals surface area contributed by atoms with Gasteiger partial charge in [-0.15, -0.1) is 0 Å². The van der Waals surface area contributed by atoms with Crippen LogP contribution in [0.5, 0.6) is 0 Å². The van der Waals surface area contributed by atoms with Crippen LogP contribution in [0.2, 0.25) is 0 Å². The Labute approximate surface area is 205 Å². The van der Waals surface area contributed by atoms with Gasteiger partial charge in [0.2, 0.25) is 0 Å². The van der Waals surface area contributed by atoms with Crippen molar-refractivity contribution in [2.75, 3.05) is 0 Å². The van der Waals surface area contributed by atoms with E-state index in [1.54, 1.807) is 6.07 Å². The third kappa shape index (κ3) is 16.4. The number of benzene rings is 1. The first-order valence-electron chi connectivity index (χ1n) is 14.0. The van der Waals surface area contributed by atoms with Crippen LogP contribution < -0.4 is 0 Å². The minimum atomic E-state index is -4.13. The van der Waals surface area contributed by atoms with Crippen molar-refractivity contribution in [3.05, 3.63) is 29.3 Å². The molecule has 1 N–H and O–H groups in total. The van der Waals surface area contributed by atoms with Crippen molar-refractivity contribution in [1.29, 1.82) is 0 Å². The highest BCUT2D eigenvalue weighted by atomic mass is 32.2. The van der Waals surface area contributed by atoms with Gasteiger partial charge in [-0.25, -0.2) is 0 Å². The van der Waals surface area contributed by atoms with Gasteiger partial charge in [-0.05, 0) is 31.4 Å². The number of aryl methyl sites for hydroxylation is 2. The largest absolute Gasteiger partial charge is 0.294 e. The van der Waals surface area contributed by atoms with E-state index in [0.717, 1.165) is 30.4 Å². The van der Waals surface area contributed by atoms with Crippen molar-refractivity contribution >= 4 is 10.1 Å². The van der Waals surface area contributed by atoms with Crippen molar-refractivity contribution in [3.63, 3.8) is 0 Å². The predicted molar refractivity (Wildman–Crippen MR) is 143 cm³/mol. The van der Waals surface area contributed by atoms with Gasteiger partial charge in [-0.2, -0.15) is 8.42 Å². The van der Waals surface area contributed by atoms with Crippen LogP contribution in [0.25, 0.3) is 0 Å². The lowest BCUT2D eigenvalue weighted by atomic mass is 10.0. The summed E-state index contributed by atoms with van der Waals surface area (Å²) in [5, 5.41) is 0. The highest BCUT2D eigenvalue weighted by Gasteiger charge is 2.14. The van der Waals surface area contributed by atoms with Gasteiger partial charge in [-0.1, -0.05) is 147 Å². The summed E-state index contributed by atoms with van der Waals surface area (Å²) in [5.41, 5.74) is 1.78. The maximum Gasteiger partial charge on any atom is 0.294 e. The summed E-state index contributed by atoms with van der Waals surface area (Å²) in [4.78, 5) is 0.0749. The summed E-state index contributed by atoms with van der Waals surface area (Å²) >= 11 is 0. The normalized spacial score (nSPS) is 11.8. The second-order valence-corrected chi connectivity index (χ2v) is 11.4. The Kier molecular flexibility index (Phi) is 17.8. The second kappa shape index (κ2) is 19.4. The summed E-state index contributed by atoms with van der Waals surface area (Å²) in [6, 6.07) is 5.15. The molecule has 0 heterocycles. The van der Waals surface area contributed by atoms with Crippen LogP contribution in [-0.4, -0.2) is 13.0 Å². The van der Waals surface area contributed by atoms with Crippen LogP contribution >= 0.6 is 0 Å². The molecular weight excluding hydrogens is 428 g/mol. The Morgan fingerprint density at radius 2 is 0.970 bits per heavy atom. The number of rotatable bonds is 22. The van der Waals surface area contributed by atoms with Gasteiger partial charge in [0, 0.05) is 0 Å². The molecule has 0 spiro atoms. The Balaban J connectivity index is 1.88. The Morgan fingerprint density at radius 3 is 1.33 bits per heavy atom. The number of hydrogen-bond acceptors (Lipinski definition) is 2. The van der Waals surface area contributed by atoms with E-state index >= 15 is 0 Å². The van der Waals surface area contributed by atoms with Crippen LogP contribution in [0.3, 0.4) is 0 Å². The Morgan fingerprint density at radius 1 is 0.606 bits per heavy atom. The first kappa shape index (κ1) is 30.2. The molecule has 0 bridgehead atoms. The SMILES string of the molecule is CCCCCCCCCCCCCCCCCCCCCCc1cc(C)ccc1S(=O)(=O)O. The highest BCUT2D eigenvalue weighted by Crippen LogP contribution is 2.20. The molecule has 1 aromatic carbocycles. The lowest BCUT2D eigenvalue weighted by Crippen LogP contribution is -2.03. The summed E-state index contributed by atoms with van der Waals surface area (Å²) in [6.45, 7) is 4.24. The highest BCUT2D eigenvalue weighted by molar-refractivity contribution is 7.85. The molecule has 0 aliphatic heterocycles. The summed E-state index contributed by atoms with van der Waals surface area (Å²) in [5.74, 6) is 0. The maximum atomic E-state index is 11.5. The lowest BCUT2D eigenvalue weighted by Gasteiger charge is -2.08. The van der Waals surface area contributed by atoms with Gasteiger partial charge in [0.15, 0.2) is 0 Å². The third-order valence-electron chi connectivity index (χ3n) is 6.79. The lowest BCUT2D eigenvalue weighted by molar-refractivity contribution is 0.481. The molecule has 0 saturated carbocycles. The van der Waals surface area contributed by atoms with Crippen molar-refractivity contribution in [2.24, 2.45) is 0 Å². The standard InChI is InChI=1S/C29H52O3S/c1-3-4-5-6-7-8-9-10-11-12-13-14-15-16-17-18-19-20-21-22-23-28-26-27(2)24-25-29(28)33(30,31)32/h24-26H,3-23H2,1-2H3,(H,30,31,32). The van der Waals surface area contributed by atoms with Crippen LogP contribution in [-0.2, 0) is 16.5 Å². The smallest absolute Gasteiger partial charge is 0.282 e. The van der Waals surface area contributed by atoms with Crippen molar-refractivity contribution in [2.45, 2.75) is 154 Å². The van der Waals surface area contributed by atoms with Crippen molar-refractivity contribution in [1.82, 2.24) is 0 Å². The van der Waals surface area contributed by atoms with Gasteiger partial charge in [0.1, 0.15) is 0 Å². The van der Waals surface area contributed by atoms with E-state index in [-0.39, 0.29) is 4.90 Å². The monoisotopic (exact) mass is 480 g/mol. The molecule has 0 radical (unpaired) electrons. The molecule has 0 fully saturated rings. The molecule has 1 rings (SSSR count). The van der Waals surface area contributed by atoms with E-state index in [2.05, 4.69) is 6.92 Å². The molecule has 4 heteroatoms. The fourth-order valence-corrected chi connectivity index (χ4v) is 5.46. The van der Waals surface area contributed by atoms with Gasteiger partial charge in [-0.3, -0.25) is 4.55 Å². The van der Waals surface area contributed by atoms with E-state index in [1.165, 1.54) is 122 Å². The molecular formula is C29H52O3S. The quantitative estimate of drug-likeness (QED) is 0.133. The number of unbranched alkanes of at least 4 members (excludes halogenated alkanes) is 19. The molecule has 0 aliphatic carbocycles. The molecule has 1 aromatic rings. The maximum absolute atomic E-state index is 11.5. The third-order valence-corrected chi connectivity index (χ3v) is 7.75. The molecule has 33 heavy (non-hydrogen) atoms. The van der Waals surface area contributed by atoms with Gasteiger partial charge < -0.3 is 0 Å². The molecule has 0 unspecified atom stereocenters. The average molecular weight is 481 g/mol. The zero-order valence-corrected chi connectivity index (χ0v) is 22.6. The zero-order valence-electron chi connectivity index (χ0n) is 21.8. The Bertz CT molecular complexity index is 697. The van der Waals surface area contributed by atoms with E-state index in [1.807, 2.05) is 13.0 Å². The average Bonchev–Trinajstić information content (AvgIpc) is 2.77. The summed E-state index contributed by atoms with van der Waals surface area (Å²) in [6.07, 6.45) is 27.8. The van der Waals surface area contributed by atoms with E-state index in [4.69, 9.17) is 0 Å². The first-order chi connectivity index (χ1) is 15.9. The minimum Gasteiger partial charge on any atom is -0.282 e. The molecule has 192 valence electrons. The first-order valence-corrected chi connectivity index (χ1v) is 15.5. The van der Waals surface area contributed by atoms with Crippen LogP contribution in [0, 0.1) is 6.92 Å². The summed E-state index contributed by atoms with van der Waals surface area (Å²) < 4.78 is 32.5. The number of hydrogen-bond donors (Lipinski definition) is 1. The summed E-state index contributed by atoms with van der Waals surface area (Å²) in [7, 11) is -4.13. The van der Waals surface area contributed by atoms with Gasteiger partial charge >= 0.3 is 0 Å². The molecule has 0 aliphatic rings. The van der Waals surface area contributed by atoms with Crippen LogP contribution in [0.15, 0.2) is 23.1 Å². The van der Waals surface area contributed by atoms with Gasteiger partial charge in [0.05, 0.1) is 4.90 Å². The van der Waals surface area contributed by atoms with E-state index in [9.17, 15) is 13.0 Å². The predicted octanol–water partition coefficient (Wildman–Crippen LogP) is 9.61. The van der Waals surface area contributed by atoms with Crippen molar-refractivity contribution < 1.29 is 13.0 Å². The van der Waals surface area contributed by atoms with Crippen LogP contribution in [0.1, 0.15) is 146 Å². The topological polar surface area (TPSA) is 54.4 Å². The molecule has 3 nitrogen and oxygen atoms in total. The fraction of sp³-hybridized carbons (Fsp3) is 0.793. The van der Waals surface area contributed by atoms with Crippen molar-refractivity contribution in [3.8, 4) is 0 Å². The van der Waals surface area contributed by atoms with E-state index in [0.29, 0.717) is 0 Å². The molecule has 0 atom stereocenters. The second-order valence-electron chi connectivity index (χ2n) is 10.1. The minimum absolute atomic E-state index is 0.0749. The molecule has 0 amide bonds. The van der Waals surface area contributed by atoms with Gasteiger partial charge in [0.25, 0.3) is 10.1 Å². The Hall–Kier alpha value is -0.870. The molecule has 0 saturated heterocycles.